The highest BCUT2D eigenvalue weighted by atomic mass is 32.2. The molecule has 0 aliphatic heterocycles. The molecule has 0 saturated carbocycles. The Labute approximate surface area is 305 Å². The van der Waals surface area contributed by atoms with Gasteiger partial charge in [-0.25, -0.2) is 13.1 Å². The van der Waals surface area contributed by atoms with E-state index in [1.54, 1.807) is 0 Å². The highest BCUT2D eigenvalue weighted by Crippen LogP contribution is 2.15. The van der Waals surface area contributed by atoms with E-state index in [-0.39, 0.29) is 57.3 Å². The van der Waals surface area contributed by atoms with Gasteiger partial charge in [-0.1, -0.05) is 52.0 Å². The van der Waals surface area contributed by atoms with Gasteiger partial charge in [-0.3, -0.25) is 28.8 Å². The summed E-state index contributed by atoms with van der Waals surface area (Å²) in [5, 5.41) is -0.204. The number of sulfonamides is 2. The van der Waals surface area contributed by atoms with Crippen molar-refractivity contribution in [3.63, 3.8) is 0 Å². The molecule has 2 aromatic carbocycles. The number of hydrogen-bond donors (Lipinski definition) is 3. The molecule has 17 heteroatoms. The second-order valence-corrected chi connectivity index (χ2v) is 14.8. The van der Waals surface area contributed by atoms with Crippen molar-refractivity contribution < 1.29 is 45.6 Å². The van der Waals surface area contributed by atoms with Gasteiger partial charge in [0.05, 0.1) is 9.79 Å². The third kappa shape index (κ3) is 19.7. The van der Waals surface area contributed by atoms with Crippen molar-refractivity contribution in [1.82, 2.24) is 9.63 Å². The molecule has 14 nitrogen and oxygen atoms in total. The van der Waals surface area contributed by atoms with Gasteiger partial charge in [0, 0.05) is 62.5 Å². The summed E-state index contributed by atoms with van der Waals surface area (Å²) in [6.07, 6.45) is 5.31. The van der Waals surface area contributed by atoms with Crippen LogP contribution in [0.5, 0.6) is 0 Å². The first kappa shape index (κ1) is 46.8. The lowest BCUT2D eigenvalue weighted by Gasteiger charge is -2.07. The predicted octanol–water partition coefficient (Wildman–Crippen LogP) is 6.12. The van der Waals surface area contributed by atoms with Crippen LogP contribution in [0.3, 0.4) is 0 Å². The Bertz CT molecular complexity index is 1750. The average Bonchev–Trinajstić information content (AvgIpc) is 3.07. The van der Waals surface area contributed by atoms with Gasteiger partial charge in [-0.15, -0.1) is 12.6 Å². The van der Waals surface area contributed by atoms with Gasteiger partial charge in [0.2, 0.25) is 10.8 Å². The van der Waals surface area contributed by atoms with Gasteiger partial charge in [-0.05, 0) is 49.9 Å². The van der Waals surface area contributed by atoms with E-state index in [2.05, 4.69) is 22.1 Å². The summed E-state index contributed by atoms with van der Waals surface area (Å²) >= 11 is 3.55. The molecule has 0 fully saturated rings. The quantitative estimate of drug-likeness (QED) is 0.0604. The summed E-state index contributed by atoms with van der Waals surface area (Å²) in [4.78, 5) is 69.7. The number of thiol groups is 1. The Morgan fingerprint density at radius 3 is 1.37 bits per heavy atom. The Balaban J connectivity index is 0.000000804. The molecule has 0 aliphatic rings. The number of benzene rings is 2. The molecule has 0 aliphatic carbocycles. The Morgan fingerprint density at radius 2 is 1.00 bits per heavy atom. The molecule has 0 heterocycles. The normalized spacial score (nSPS) is 10.6. The van der Waals surface area contributed by atoms with E-state index >= 15 is 0 Å². The molecule has 0 atom stereocenters. The Kier molecular flexibility index (Phi) is 22.8. The molecular formula is C34H47N4O10S3+. The van der Waals surface area contributed by atoms with Gasteiger partial charge < -0.3 is 0 Å². The maximum Gasteiger partial charge on any atom is 0.355 e. The van der Waals surface area contributed by atoms with Gasteiger partial charge >= 0.3 is 10.0 Å². The van der Waals surface area contributed by atoms with Crippen LogP contribution in [0.2, 0.25) is 0 Å². The van der Waals surface area contributed by atoms with Crippen LogP contribution in [0, 0.1) is 5.53 Å². The third-order valence-corrected chi connectivity index (χ3v) is 9.39. The number of Topliss-reactive ketones (excluding diaryl/α,β-unsaturated/α-hetero) is 4. The Morgan fingerprint density at radius 1 is 0.608 bits per heavy atom. The molecule has 1 amide bonds. The molecule has 51 heavy (non-hydrogen) atoms. The minimum absolute atomic E-state index is 0.0274. The minimum atomic E-state index is -4.00. The zero-order valence-corrected chi connectivity index (χ0v) is 31.9. The summed E-state index contributed by atoms with van der Waals surface area (Å²) in [5.74, 6) is -0.710. The number of hydrogen-bond acceptors (Lipinski definition) is 11. The lowest BCUT2D eigenvalue weighted by molar-refractivity contribution is -0.124. The predicted molar refractivity (Wildman–Crippen MR) is 193 cm³/mol. The fourth-order valence-corrected chi connectivity index (χ4v) is 5.85. The number of nitrogens with zero attached hydrogens (tertiary/aromatic N) is 2. The zero-order valence-electron chi connectivity index (χ0n) is 29.3. The van der Waals surface area contributed by atoms with Crippen LogP contribution in [0.15, 0.2) is 62.8 Å². The molecule has 0 radical (unpaired) electrons. The maximum atomic E-state index is 12.1. The van der Waals surface area contributed by atoms with E-state index in [4.69, 9.17) is 5.53 Å². The first-order valence-electron chi connectivity index (χ1n) is 16.4. The van der Waals surface area contributed by atoms with Crippen molar-refractivity contribution in [1.29, 1.82) is 5.53 Å². The Hall–Kier alpha value is -4.18. The molecule has 0 spiro atoms. The standard InChI is InChI=1S/C17H23NO5S.C10H12N3O3S.C7H12O2S/c1-3-5-14(19)9-12-17(21)18-24(22,23)15-10-7-13(8-11-15)16(20)6-4-2;1-2-3-10(14)8-4-6-9(7-5-8)17(15,16)13-12-11;1-2-3-6(8)4-5-7(9)10/h7-8,10-11H,3-6,9,12H2,1-2H3,(H,18,21);4-7,11H,2-3H2,1H3;2-5H2,1H3,(H,9,10)/q;+1;. The first-order valence-corrected chi connectivity index (χ1v) is 19.8. The second-order valence-electron chi connectivity index (χ2n) is 11.1. The van der Waals surface area contributed by atoms with Crippen molar-refractivity contribution >= 4 is 66.8 Å². The van der Waals surface area contributed by atoms with Crippen LogP contribution >= 0.6 is 12.6 Å². The van der Waals surface area contributed by atoms with E-state index < -0.39 is 26.0 Å². The molecule has 0 saturated heterocycles. The second kappa shape index (κ2) is 24.9. The van der Waals surface area contributed by atoms with Crippen LogP contribution < -0.4 is 9.63 Å². The SMILES string of the molecule is CCCC(=O)CCC(=O)NS(=O)(=O)c1ccc(C(=O)CCC)cc1.CCCC(=O)CCC(=O)S.CCCC(=O)c1ccc(S(=O)(=O)N=[N+]=N)cc1. The van der Waals surface area contributed by atoms with Crippen LogP contribution in [-0.4, -0.2) is 51.0 Å². The van der Waals surface area contributed by atoms with E-state index in [9.17, 15) is 45.6 Å². The summed E-state index contributed by atoms with van der Waals surface area (Å²) in [6, 6.07) is 10.9. The molecule has 0 bridgehead atoms. The van der Waals surface area contributed by atoms with E-state index in [1.807, 2.05) is 32.4 Å². The van der Waals surface area contributed by atoms with Gasteiger partial charge in [0.15, 0.2) is 16.7 Å². The van der Waals surface area contributed by atoms with Crippen molar-refractivity contribution in [2.45, 2.75) is 115 Å². The molecule has 2 N–H and O–H groups in total. The van der Waals surface area contributed by atoms with Crippen LogP contribution in [0.1, 0.15) is 125 Å². The highest BCUT2D eigenvalue weighted by Gasteiger charge is 2.20. The minimum Gasteiger partial charge on any atom is -0.300 e. The van der Waals surface area contributed by atoms with Crippen LogP contribution in [-0.2, 0) is 39.2 Å². The number of rotatable bonds is 20. The lowest BCUT2D eigenvalue weighted by Crippen LogP contribution is -2.30. The highest BCUT2D eigenvalue weighted by molar-refractivity contribution is 7.96. The summed E-state index contributed by atoms with van der Waals surface area (Å²) in [6.45, 7) is 7.58. The van der Waals surface area contributed by atoms with Gasteiger partial charge in [0.25, 0.3) is 14.5 Å². The van der Waals surface area contributed by atoms with Crippen LogP contribution in [0.25, 0.3) is 0 Å². The molecule has 2 aromatic rings. The lowest BCUT2D eigenvalue weighted by atomic mass is 10.1. The summed E-state index contributed by atoms with van der Waals surface area (Å²) in [7, 11) is -7.90. The smallest absolute Gasteiger partial charge is 0.300 e. The largest absolute Gasteiger partial charge is 0.355 e. The van der Waals surface area contributed by atoms with E-state index in [0.717, 1.165) is 12.8 Å². The van der Waals surface area contributed by atoms with Crippen molar-refractivity contribution in [2.75, 3.05) is 0 Å². The van der Waals surface area contributed by atoms with Crippen molar-refractivity contribution in [2.24, 2.45) is 4.52 Å². The summed E-state index contributed by atoms with van der Waals surface area (Å²) < 4.78 is 51.7. The number of carbonyl (C=O) groups is 6. The van der Waals surface area contributed by atoms with Crippen LogP contribution in [0.4, 0.5) is 0 Å². The molecule has 280 valence electrons. The van der Waals surface area contributed by atoms with Crippen molar-refractivity contribution in [3.8, 4) is 0 Å². The number of nitrogens with one attached hydrogen (secondary N) is 2. The molecular weight excluding hydrogens is 721 g/mol. The maximum absolute atomic E-state index is 12.1. The monoisotopic (exact) mass is 767 g/mol. The number of ketones is 4. The van der Waals surface area contributed by atoms with Gasteiger partial charge in [-0.2, -0.15) is 8.42 Å². The molecule has 0 aromatic heterocycles. The van der Waals surface area contributed by atoms with E-state index in [0.29, 0.717) is 56.1 Å². The number of carbonyl (C=O) groups excluding carboxylic acids is 6. The fourth-order valence-electron chi connectivity index (χ4n) is 4.04. The van der Waals surface area contributed by atoms with Gasteiger partial charge in [0.1, 0.15) is 17.1 Å². The third-order valence-electron chi connectivity index (χ3n) is 6.62. The topological polar surface area (TPSA) is 233 Å². The summed E-state index contributed by atoms with van der Waals surface area (Å²) in [5.41, 5.74) is 7.30. The molecule has 2 rings (SSSR count). The first-order chi connectivity index (χ1) is 24.0. The number of amides is 1. The van der Waals surface area contributed by atoms with Crippen molar-refractivity contribution in [3.05, 3.63) is 59.7 Å². The molecule has 0 unspecified atom stereocenters. The zero-order chi connectivity index (χ0) is 39.0. The van der Waals surface area contributed by atoms with E-state index in [1.165, 1.54) is 48.5 Å². The fraction of sp³-hybridized carbons (Fsp3) is 0.471. The average molecular weight is 768 g/mol.